The van der Waals surface area contributed by atoms with E-state index in [2.05, 4.69) is 48.6 Å². The molecule has 0 bridgehead atoms. The normalized spacial score (nSPS) is 28.3. The number of hydrogen-bond acceptors (Lipinski definition) is 0. The summed E-state index contributed by atoms with van der Waals surface area (Å²) in [7, 11) is 1.94. The Morgan fingerprint density at radius 2 is 1.29 bits per heavy atom. The highest BCUT2D eigenvalue weighted by Gasteiger charge is 2.26. The molecule has 1 aromatic rings. The van der Waals surface area contributed by atoms with Crippen LogP contribution in [0, 0.1) is 0 Å². The van der Waals surface area contributed by atoms with E-state index in [0.717, 1.165) is 30.1 Å². The molecule has 0 spiro atoms. The lowest BCUT2D eigenvalue weighted by atomic mass is 10.2. The number of fused-ring (bicyclic) bond motifs is 2. The summed E-state index contributed by atoms with van der Waals surface area (Å²) in [5.41, 5.74) is 1.57. The van der Waals surface area contributed by atoms with Crippen LogP contribution >= 0.6 is 0 Å². The van der Waals surface area contributed by atoms with Crippen molar-refractivity contribution in [3.05, 3.63) is 48.6 Å². The summed E-state index contributed by atoms with van der Waals surface area (Å²) in [5, 5.41) is 3.18. The third kappa shape index (κ3) is 1.35. The Labute approximate surface area is 89.4 Å². The third-order valence-corrected chi connectivity index (χ3v) is 6.55. The van der Waals surface area contributed by atoms with Gasteiger partial charge >= 0.3 is 0 Å². The lowest BCUT2D eigenvalue weighted by Crippen LogP contribution is -2.45. The van der Waals surface area contributed by atoms with Gasteiger partial charge in [0.2, 0.25) is 0 Å². The standard InChI is InChI=1S/C12H10Si2/c1-2-6-10-9(5-1)13-11-7-3-4-8-12(11)14-10/h1-10H. The van der Waals surface area contributed by atoms with E-state index in [0.29, 0.717) is 0 Å². The number of allylic oxidation sites excluding steroid dienone is 4. The van der Waals surface area contributed by atoms with Crippen molar-refractivity contribution in [2.24, 2.45) is 0 Å². The highest BCUT2D eigenvalue weighted by atomic mass is 28.2. The molecule has 0 amide bonds. The average Bonchev–Trinajstić information content (AvgIpc) is 2.26. The van der Waals surface area contributed by atoms with Gasteiger partial charge < -0.3 is 0 Å². The minimum atomic E-state index is 0.785. The van der Waals surface area contributed by atoms with Crippen molar-refractivity contribution >= 4 is 29.4 Å². The third-order valence-electron chi connectivity index (χ3n) is 2.71. The van der Waals surface area contributed by atoms with E-state index in [9.17, 15) is 0 Å². The van der Waals surface area contributed by atoms with Crippen LogP contribution in [-0.4, -0.2) is 19.0 Å². The summed E-state index contributed by atoms with van der Waals surface area (Å²) < 4.78 is 0. The van der Waals surface area contributed by atoms with Crippen molar-refractivity contribution in [2.45, 2.75) is 11.1 Å². The van der Waals surface area contributed by atoms with Gasteiger partial charge in [0, 0.05) is 0 Å². The molecular formula is C12H10Si2. The van der Waals surface area contributed by atoms with Gasteiger partial charge in [0.1, 0.15) is 0 Å². The highest BCUT2D eigenvalue weighted by molar-refractivity contribution is 6.73. The fraction of sp³-hybridized carbons (Fsp3) is 0.167. The fourth-order valence-corrected chi connectivity index (χ4v) is 5.49. The Hall–Kier alpha value is -0.866. The van der Waals surface area contributed by atoms with Gasteiger partial charge in [-0.3, -0.25) is 0 Å². The first-order chi connectivity index (χ1) is 6.93. The molecule has 0 nitrogen and oxygen atoms in total. The van der Waals surface area contributed by atoms with Gasteiger partial charge in [-0.05, 0) is 11.1 Å². The number of rotatable bonds is 0. The summed E-state index contributed by atoms with van der Waals surface area (Å²) in [4.78, 5) is 0. The van der Waals surface area contributed by atoms with Crippen molar-refractivity contribution in [1.82, 2.24) is 0 Å². The van der Waals surface area contributed by atoms with E-state index in [1.165, 1.54) is 0 Å². The molecule has 2 aliphatic rings. The van der Waals surface area contributed by atoms with Crippen molar-refractivity contribution in [2.75, 3.05) is 0 Å². The van der Waals surface area contributed by atoms with E-state index in [1.54, 1.807) is 10.4 Å². The predicted octanol–water partition coefficient (Wildman–Crippen LogP) is 1.06. The lowest BCUT2D eigenvalue weighted by Gasteiger charge is -2.29. The van der Waals surface area contributed by atoms with E-state index in [4.69, 9.17) is 0 Å². The second-order valence-electron chi connectivity index (χ2n) is 3.66. The van der Waals surface area contributed by atoms with Crippen LogP contribution in [0.3, 0.4) is 0 Å². The molecular weight excluding hydrogens is 200 g/mol. The van der Waals surface area contributed by atoms with E-state index < -0.39 is 0 Å². The van der Waals surface area contributed by atoms with Crippen LogP contribution in [0.5, 0.6) is 0 Å². The van der Waals surface area contributed by atoms with Gasteiger partial charge in [0.25, 0.3) is 0 Å². The van der Waals surface area contributed by atoms with Gasteiger partial charge in [0.15, 0.2) is 0 Å². The first kappa shape index (κ1) is 8.44. The summed E-state index contributed by atoms with van der Waals surface area (Å²) in [6.45, 7) is 0. The molecule has 0 saturated heterocycles. The zero-order valence-corrected chi connectivity index (χ0v) is 9.77. The molecule has 3 rings (SSSR count). The van der Waals surface area contributed by atoms with E-state index in [1.807, 2.05) is 0 Å². The smallest absolute Gasteiger partial charge is 0.0839 e. The van der Waals surface area contributed by atoms with Gasteiger partial charge in [-0.15, -0.1) is 0 Å². The molecule has 4 radical (unpaired) electrons. The molecule has 1 aliphatic heterocycles. The van der Waals surface area contributed by atoms with Crippen molar-refractivity contribution in [3.8, 4) is 0 Å². The van der Waals surface area contributed by atoms with E-state index >= 15 is 0 Å². The molecule has 1 aliphatic carbocycles. The maximum absolute atomic E-state index is 2.38. The zero-order chi connectivity index (χ0) is 9.38. The molecule has 0 N–H and O–H groups in total. The molecule has 14 heavy (non-hydrogen) atoms. The van der Waals surface area contributed by atoms with Gasteiger partial charge in [-0.2, -0.15) is 0 Å². The predicted molar refractivity (Wildman–Crippen MR) is 63.0 cm³/mol. The molecule has 0 saturated carbocycles. The SMILES string of the molecule is C1=CC2[Si]c3ccccc3[Si]C2C=C1. The molecule has 1 aromatic carbocycles. The van der Waals surface area contributed by atoms with Gasteiger partial charge in [-0.1, -0.05) is 58.9 Å². The van der Waals surface area contributed by atoms with Crippen LogP contribution in [0.25, 0.3) is 0 Å². The summed E-state index contributed by atoms with van der Waals surface area (Å²) >= 11 is 0. The zero-order valence-electron chi connectivity index (χ0n) is 7.77. The average molecular weight is 210 g/mol. The Morgan fingerprint density at radius 3 is 1.79 bits per heavy atom. The highest BCUT2D eigenvalue weighted by Crippen LogP contribution is 2.30. The molecule has 2 unspecified atom stereocenters. The largest absolute Gasteiger partial charge is 0.0885 e. The first-order valence-electron chi connectivity index (χ1n) is 4.90. The van der Waals surface area contributed by atoms with Crippen molar-refractivity contribution < 1.29 is 0 Å². The van der Waals surface area contributed by atoms with Gasteiger partial charge in [-0.25, -0.2) is 0 Å². The fourth-order valence-electron chi connectivity index (χ4n) is 1.98. The van der Waals surface area contributed by atoms with Crippen molar-refractivity contribution in [1.29, 1.82) is 0 Å². The molecule has 1 heterocycles. The maximum atomic E-state index is 2.38. The van der Waals surface area contributed by atoms with Crippen LogP contribution < -0.4 is 10.4 Å². The van der Waals surface area contributed by atoms with Gasteiger partial charge in [0.05, 0.1) is 19.0 Å². The van der Waals surface area contributed by atoms with Crippen LogP contribution in [0.4, 0.5) is 0 Å². The van der Waals surface area contributed by atoms with Crippen molar-refractivity contribution in [3.63, 3.8) is 0 Å². The minimum Gasteiger partial charge on any atom is -0.0839 e. The summed E-state index contributed by atoms with van der Waals surface area (Å²) in [6.07, 6.45) is 9.16. The Balaban J connectivity index is 2.00. The van der Waals surface area contributed by atoms with Crippen LogP contribution in [-0.2, 0) is 0 Å². The lowest BCUT2D eigenvalue weighted by molar-refractivity contribution is 0.999. The summed E-state index contributed by atoms with van der Waals surface area (Å²) in [5.74, 6) is 0. The van der Waals surface area contributed by atoms with E-state index in [-0.39, 0.29) is 0 Å². The molecule has 0 fully saturated rings. The Kier molecular flexibility index (Phi) is 2.03. The molecule has 0 aromatic heterocycles. The Bertz CT molecular complexity index is 368. The van der Waals surface area contributed by atoms with Crippen LogP contribution in [0.2, 0.25) is 11.1 Å². The number of hydrogen-bond donors (Lipinski definition) is 0. The second kappa shape index (κ2) is 3.37. The molecule has 2 heteroatoms. The molecule has 2 atom stereocenters. The monoisotopic (exact) mass is 210 g/mol. The Morgan fingerprint density at radius 1 is 0.786 bits per heavy atom. The summed E-state index contributed by atoms with van der Waals surface area (Å²) in [6, 6.07) is 8.92. The maximum Gasteiger partial charge on any atom is 0.0885 e. The quantitative estimate of drug-likeness (QED) is 0.562. The minimum absolute atomic E-state index is 0.785. The first-order valence-corrected chi connectivity index (χ1v) is 7.06. The second-order valence-corrected chi connectivity index (χ2v) is 6.64. The van der Waals surface area contributed by atoms with Crippen LogP contribution in [0.15, 0.2) is 48.6 Å². The molecule has 66 valence electrons. The topological polar surface area (TPSA) is 0 Å². The van der Waals surface area contributed by atoms with Crippen LogP contribution in [0.1, 0.15) is 0 Å². The number of benzene rings is 1.